The molecule has 0 aliphatic carbocycles. The van der Waals surface area contributed by atoms with Crippen molar-refractivity contribution in [2.45, 2.75) is 6.54 Å². The summed E-state index contributed by atoms with van der Waals surface area (Å²) in [5.74, 6) is -0.140. The number of thioether (sulfide) groups is 1. The maximum Gasteiger partial charge on any atom is 0.346 e. The van der Waals surface area contributed by atoms with Gasteiger partial charge in [-0.3, -0.25) is 4.79 Å². The van der Waals surface area contributed by atoms with Crippen LogP contribution in [0.3, 0.4) is 0 Å². The molecule has 0 saturated carbocycles. The van der Waals surface area contributed by atoms with Gasteiger partial charge in [0.2, 0.25) is 0 Å². The van der Waals surface area contributed by atoms with E-state index in [4.69, 9.17) is 0 Å². The summed E-state index contributed by atoms with van der Waals surface area (Å²) in [6, 6.07) is 7.62. The van der Waals surface area contributed by atoms with Gasteiger partial charge in [0.05, 0.1) is 0 Å². The number of benzene rings is 1. The fourth-order valence-electron chi connectivity index (χ4n) is 2.19. The number of thiophene rings is 1. The Kier molecular flexibility index (Phi) is 3.20. The lowest BCUT2D eigenvalue weighted by Gasteiger charge is -2.14. The van der Waals surface area contributed by atoms with E-state index in [1.807, 2.05) is 24.3 Å². The minimum atomic E-state index is -0.921. The van der Waals surface area contributed by atoms with Crippen molar-refractivity contribution in [3.05, 3.63) is 34.7 Å². The van der Waals surface area contributed by atoms with Gasteiger partial charge >= 0.3 is 5.97 Å². The zero-order valence-electron chi connectivity index (χ0n) is 9.96. The van der Waals surface area contributed by atoms with E-state index in [0.717, 1.165) is 21.4 Å². The van der Waals surface area contributed by atoms with Crippen molar-refractivity contribution in [3.8, 4) is 0 Å². The number of carbonyl (C=O) groups excluding carboxylic acids is 1. The minimum absolute atomic E-state index is 0.0339. The van der Waals surface area contributed by atoms with Crippen LogP contribution in [0.1, 0.15) is 15.2 Å². The predicted molar refractivity (Wildman–Crippen MR) is 77.0 cm³/mol. The van der Waals surface area contributed by atoms with Crippen molar-refractivity contribution in [1.82, 2.24) is 4.90 Å². The van der Waals surface area contributed by atoms with Crippen LogP contribution < -0.4 is 0 Å². The Morgan fingerprint density at radius 3 is 2.84 bits per heavy atom. The molecular formula is C13H11NO3S2. The van der Waals surface area contributed by atoms with Gasteiger partial charge in [-0.05, 0) is 11.5 Å². The van der Waals surface area contributed by atoms with Gasteiger partial charge in [-0.1, -0.05) is 30.0 Å². The lowest BCUT2D eigenvalue weighted by atomic mass is 10.1. The summed E-state index contributed by atoms with van der Waals surface area (Å²) >= 11 is 2.56. The van der Waals surface area contributed by atoms with Crippen molar-refractivity contribution in [2.75, 3.05) is 12.3 Å². The molecule has 6 heteroatoms. The van der Waals surface area contributed by atoms with Crippen LogP contribution >= 0.6 is 23.1 Å². The molecule has 0 spiro atoms. The maximum atomic E-state index is 11.7. The fourth-order valence-corrected chi connectivity index (χ4v) is 4.07. The van der Waals surface area contributed by atoms with Gasteiger partial charge < -0.3 is 10.0 Å². The number of rotatable bonds is 3. The number of nitrogens with zero attached hydrogens (tertiary/aromatic N) is 1. The Morgan fingerprint density at radius 1 is 1.37 bits per heavy atom. The zero-order valence-corrected chi connectivity index (χ0v) is 11.6. The highest BCUT2D eigenvalue weighted by Crippen LogP contribution is 2.33. The van der Waals surface area contributed by atoms with Gasteiger partial charge in [0, 0.05) is 29.1 Å². The van der Waals surface area contributed by atoms with E-state index in [0.29, 0.717) is 18.0 Å². The molecule has 1 aromatic heterocycles. The Labute approximate surface area is 118 Å². The van der Waals surface area contributed by atoms with Crippen molar-refractivity contribution in [2.24, 2.45) is 0 Å². The van der Waals surface area contributed by atoms with Crippen molar-refractivity contribution >= 4 is 44.4 Å². The number of fused-ring (bicyclic) bond motifs is 1. The molecule has 0 atom stereocenters. The molecule has 1 fully saturated rings. The van der Waals surface area contributed by atoms with Crippen LogP contribution in [0.2, 0.25) is 0 Å². The first-order valence-corrected chi connectivity index (χ1v) is 7.62. The highest BCUT2D eigenvalue weighted by Gasteiger charge is 2.25. The summed E-state index contributed by atoms with van der Waals surface area (Å²) < 4.78 is 0.953. The van der Waals surface area contributed by atoms with Gasteiger partial charge in [-0.25, -0.2) is 4.79 Å². The normalized spacial score (nSPS) is 15.4. The van der Waals surface area contributed by atoms with Gasteiger partial charge in [0.1, 0.15) is 4.88 Å². The fraction of sp³-hybridized carbons (Fsp3) is 0.231. The highest BCUT2D eigenvalue weighted by molar-refractivity contribution is 8.13. The number of hydrogen-bond acceptors (Lipinski definition) is 4. The summed E-state index contributed by atoms with van der Waals surface area (Å²) in [6.45, 7) is 1.07. The lowest BCUT2D eigenvalue weighted by molar-refractivity contribution is 0.0700. The molecule has 98 valence electrons. The van der Waals surface area contributed by atoms with E-state index in [1.54, 1.807) is 4.90 Å². The van der Waals surface area contributed by atoms with Crippen molar-refractivity contribution < 1.29 is 14.7 Å². The second-order valence-electron chi connectivity index (χ2n) is 4.25. The summed E-state index contributed by atoms with van der Waals surface area (Å²) in [7, 11) is 0. The first-order valence-electron chi connectivity index (χ1n) is 5.82. The third-order valence-corrected chi connectivity index (χ3v) is 5.18. The monoisotopic (exact) mass is 293 g/mol. The summed E-state index contributed by atoms with van der Waals surface area (Å²) in [5.41, 5.74) is 0.754. The molecule has 1 aromatic carbocycles. The molecule has 19 heavy (non-hydrogen) atoms. The first-order chi connectivity index (χ1) is 9.16. The van der Waals surface area contributed by atoms with E-state index in [-0.39, 0.29) is 5.24 Å². The van der Waals surface area contributed by atoms with Crippen LogP contribution in [0.5, 0.6) is 0 Å². The first kappa shape index (κ1) is 12.5. The third-order valence-electron chi connectivity index (χ3n) is 3.09. The van der Waals surface area contributed by atoms with Crippen LogP contribution in [-0.2, 0) is 6.54 Å². The van der Waals surface area contributed by atoms with Gasteiger partial charge in [0.15, 0.2) is 0 Å². The molecule has 2 heterocycles. The lowest BCUT2D eigenvalue weighted by Crippen LogP contribution is -2.23. The number of aromatic carboxylic acids is 1. The predicted octanol–water partition coefficient (Wildman–Crippen LogP) is 3.27. The number of carboxylic acids is 1. The molecule has 1 aliphatic rings. The second-order valence-corrected chi connectivity index (χ2v) is 6.35. The summed E-state index contributed by atoms with van der Waals surface area (Å²) in [6.07, 6.45) is 0. The quantitative estimate of drug-likeness (QED) is 0.943. The number of amides is 1. The molecule has 3 rings (SSSR count). The van der Waals surface area contributed by atoms with Gasteiger partial charge in [0.25, 0.3) is 5.24 Å². The Morgan fingerprint density at radius 2 is 2.16 bits per heavy atom. The van der Waals surface area contributed by atoms with Crippen molar-refractivity contribution in [3.63, 3.8) is 0 Å². The summed E-state index contributed by atoms with van der Waals surface area (Å²) in [5, 5.41) is 10.3. The van der Waals surface area contributed by atoms with E-state index in [9.17, 15) is 14.7 Å². The molecule has 1 N–H and O–H groups in total. The van der Waals surface area contributed by atoms with Crippen molar-refractivity contribution in [1.29, 1.82) is 0 Å². The van der Waals surface area contributed by atoms with E-state index in [1.165, 1.54) is 23.1 Å². The van der Waals surface area contributed by atoms with Crippen LogP contribution in [0.25, 0.3) is 10.1 Å². The van der Waals surface area contributed by atoms with Gasteiger partial charge in [-0.2, -0.15) is 0 Å². The largest absolute Gasteiger partial charge is 0.477 e. The maximum absolute atomic E-state index is 11.7. The van der Waals surface area contributed by atoms with Crippen LogP contribution in [0.4, 0.5) is 4.79 Å². The second kappa shape index (κ2) is 4.86. The van der Waals surface area contributed by atoms with E-state index in [2.05, 4.69) is 0 Å². The van der Waals surface area contributed by atoms with Crippen LogP contribution in [0.15, 0.2) is 24.3 Å². The third kappa shape index (κ3) is 2.21. The number of carbonyl (C=O) groups is 2. The Hall–Kier alpha value is -1.53. The zero-order chi connectivity index (χ0) is 13.4. The standard InChI is InChI=1S/C13H11NO3S2/c15-12(16)11-9(7-14-5-6-18-13(14)17)8-3-1-2-4-10(8)19-11/h1-4H,5-7H2,(H,15,16). The molecule has 0 radical (unpaired) electrons. The average molecular weight is 293 g/mol. The van der Waals surface area contributed by atoms with Crippen LogP contribution in [-0.4, -0.2) is 33.5 Å². The molecule has 1 aliphatic heterocycles. The van der Waals surface area contributed by atoms with E-state index >= 15 is 0 Å². The molecule has 1 saturated heterocycles. The average Bonchev–Trinajstić information content (AvgIpc) is 2.95. The minimum Gasteiger partial charge on any atom is -0.477 e. The molecule has 1 amide bonds. The molecular weight excluding hydrogens is 282 g/mol. The topological polar surface area (TPSA) is 57.6 Å². The Bertz CT molecular complexity index is 665. The molecule has 0 unspecified atom stereocenters. The number of hydrogen-bond donors (Lipinski definition) is 1. The summed E-state index contributed by atoms with van der Waals surface area (Å²) in [4.78, 5) is 25.1. The molecule has 0 bridgehead atoms. The number of carboxylic acid groups (broad SMARTS) is 1. The highest BCUT2D eigenvalue weighted by atomic mass is 32.2. The SMILES string of the molecule is O=C(O)c1sc2ccccc2c1CN1CCSC1=O. The molecule has 2 aromatic rings. The van der Waals surface area contributed by atoms with Gasteiger partial charge in [-0.15, -0.1) is 11.3 Å². The Balaban J connectivity index is 2.07. The molecule has 4 nitrogen and oxygen atoms in total. The smallest absolute Gasteiger partial charge is 0.346 e. The van der Waals surface area contributed by atoms with Crippen LogP contribution in [0, 0.1) is 0 Å². The van der Waals surface area contributed by atoms with E-state index < -0.39 is 5.97 Å².